The van der Waals surface area contributed by atoms with Crippen LogP contribution in [0.5, 0.6) is 0 Å². The SMILES string of the molecule is CCCCCCCC/C=C\CCCCCCCCCCCCOC(=O)CCCCCCCCCCCCCCCCCCCCCCCCCCCCCCCCCC. The lowest BCUT2D eigenvalue weighted by Crippen LogP contribution is -2.05. The third-order valence-electron chi connectivity index (χ3n) is 13.2. The molecule has 0 rings (SSSR count). The average Bonchev–Trinajstić information content (AvgIpc) is 3.24. The van der Waals surface area contributed by atoms with Gasteiger partial charge >= 0.3 is 5.97 Å². The Labute approximate surface area is 374 Å². The van der Waals surface area contributed by atoms with Crippen molar-refractivity contribution in [1.82, 2.24) is 0 Å². The van der Waals surface area contributed by atoms with Crippen LogP contribution in [0.1, 0.15) is 341 Å². The molecule has 0 amide bonds. The van der Waals surface area contributed by atoms with Crippen molar-refractivity contribution in [1.29, 1.82) is 0 Å². The maximum atomic E-state index is 12.1. The van der Waals surface area contributed by atoms with E-state index in [1.54, 1.807) is 0 Å². The number of esters is 1. The highest BCUT2D eigenvalue weighted by molar-refractivity contribution is 5.69. The summed E-state index contributed by atoms with van der Waals surface area (Å²) in [4.78, 5) is 12.1. The number of hydrogen-bond acceptors (Lipinski definition) is 2. The second-order valence-corrected chi connectivity index (χ2v) is 19.3. The molecule has 0 N–H and O–H groups in total. The zero-order chi connectivity index (χ0) is 42.5. The maximum Gasteiger partial charge on any atom is 0.305 e. The Morgan fingerprint density at radius 1 is 0.271 bits per heavy atom. The molecular formula is C57H112O2. The molecule has 0 aromatic carbocycles. The molecule has 0 aliphatic heterocycles. The summed E-state index contributed by atoms with van der Waals surface area (Å²) in [5.41, 5.74) is 0. The van der Waals surface area contributed by atoms with Gasteiger partial charge in [0, 0.05) is 6.42 Å². The number of hydrogen-bond donors (Lipinski definition) is 0. The molecule has 0 fully saturated rings. The first-order chi connectivity index (χ1) is 29.3. The van der Waals surface area contributed by atoms with Crippen molar-refractivity contribution in [2.24, 2.45) is 0 Å². The third kappa shape index (κ3) is 55.2. The Balaban J connectivity index is 3.15. The van der Waals surface area contributed by atoms with Gasteiger partial charge < -0.3 is 4.74 Å². The van der Waals surface area contributed by atoms with Crippen LogP contribution < -0.4 is 0 Å². The molecule has 0 heterocycles. The average molecular weight is 830 g/mol. The van der Waals surface area contributed by atoms with E-state index < -0.39 is 0 Å². The molecule has 0 radical (unpaired) electrons. The standard InChI is InChI=1S/C57H112O2/c1-3-5-7-9-11-13-15-17-19-21-23-25-26-27-28-29-30-31-32-33-34-35-36-37-39-41-43-45-47-49-51-53-55-57(58)59-56-54-52-50-48-46-44-42-40-38-24-22-20-18-16-14-12-10-8-6-4-2/h18,20H,3-17,19,21-56H2,1-2H3/b20-18-. The van der Waals surface area contributed by atoms with E-state index >= 15 is 0 Å². The molecule has 0 aliphatic rings. The van der Waals surface area contributed by atoms with E-state index in [1.165, 1.54) is 308 Å². The van der Waals surface area contributed by atoms with Crippen molar-refractivity contribution >= 4 is 5.97 Å². The van der Waals surface area contributed by atoms with E-state index in [-0.39, 0.29) is 5.97 Å². The largest absolute Gasteiger partial charge is 0.466 e. The van der Waals surface area contributed by atoms with Gasteiger partial charge in [0.15, 0.2) is 0 Å². The van der Waals surface area contributed by atoms with Gasteiger partial charge in [-0.3, -0.25) is 4.79 Å². The van der Waals surface area contributed by atoms with Crippen LogP contribution in [0.15, 0.2) is 12.2 Å². The van der Waals surface area contributed by atoms with E-state index in [4.69, 9.17) is 4.74 Å². The third-order valence-corrected chi connectivity index (χ3v) is 13.2. The molecule has 0 spiro atoms. The lowest BCUT2D eigenvalue weighted by molar-refractivity contribution is -0.143. The van der Waals surface area contributed by atoms with Crippen LogP contribution >= 0.6 is 0 Å². The van der Waals surface area contributed by atoms with Crippen LogP contribution in [0.2, 0.25) is 0 Å². The second kappa shape index (κ2) is 55.2. The summed E-state index contributed by atoms with van der Waals surface area (Å²) in [6.45, 7) is 5.23. The second-order valence-electron chi connectivity index (χ2n) is 19.3. The number of unbranched alkanes of at least 4 members (excludes halogenated alkanes) is 47. The molecule has 0 aromatic heterocycles. The minimum absolute atomic E-state index is 0.0314. The monoisotopic (exact) mass is 829 g/mol. The Morgan fingerprint density at radius 2 is 0.475 bits per heavy atom. The topological polar surface area (TPSA) is 26.3 Å². The lowest BCUT2D eigenvalue weighted by atomic mass is 10.0. The summed E-state index contributed by atoms with van der Waals surface area (Å²) < 4.78 is 5.50. The fourth-order valence-electron chi connectivity index (χ4n) is 8.96. The Kier molecular flexibility index (Phi) is 54.5. The quantitative estimate of drug-likeness (QED) is 0.0347. The van der Waals surface area contributed by atoms with E-state index in [1.807, 2.05) is 0 Å². The van der Waals surface area contributed by atoms with Crippen molar-refractivity contribution in [3.63, 3.8) is 0 Å². The van der Waals surface area contributed by atoms with Gasteiger partial charge in [-0.05, 0) is 38.5 Å². The van der Waals surface area contributed by atoms with Gasteiger partial charge in [-0.1, -0.05) is 309 Å². The Morgan fingerprint density at radius 3 is 0.729 bits per heavy atom. The highest BCUT2D eigenvalue weighted by atomic mass is 16.5. The van der Waals surface area contributed by atoms with E-state index in [2.05, 4.69) is 26.0 Å². The van der Waals surface area contributed by atoms with Crippen molar-refractivity contribution in [3.8, 4) is 0 Å². The normalized spacial score (nSPS) is 11.7. The lowest BCUT2D eigenvalue weighted by Gasteiger charge is -2.06. The Hall–Kier alpha value is -0.790. The van der Waals surface area contributed by atoms with E-state index in [0.29, 0.717) is 13.0 Å². The number of carbonyl (C=O) groups is 1. The van der Waals surface area contributed by atoms with Crippen LogP contribution in [0.4, 0.5) is 0 Å². The van der Waals surface area contributed by atoms with Gasteiger partial charge in [-0.2, -0.15) is 0 Å². The molecule has 0 atom stereocenters. The highest BCUT2D eigenvalue weighted by Crippen LogP contribution is 2.18. The molecule has 0 unspecified atom stereocenters. The molecule has 0 aromatic rings. The molecule has 0 bridgehead atoms. The first-order valence-electron chi connectivity index (χ1n) is 28.1. The van der Waals surface area contributed by atoms with Crippen molar-refractivity contribution < 1.29 is 9.53 Å². The number of carbonyl (C=O) groups excluding carboxylic acids is 1. The van der Waals surface area contributed by atoms with Gasteiger partial charge in [0.25, 0.3) is 0 Å². The van der Waals surface area contributed by atoms with E-state index in [0.717, 1.165) is 12.8 Å². The summed E-state index contributed by atoms with van der Waals surface area (Å²) in [6, 6.07) is 0. The smallest absolute Gasteiger partial charge is 0.305 e. The van der Waals surface area contributed by atoms with Gasteiger partial charge in [0.05, 0.1) is 6.61 Å². The molecule has 0 saturated carbocycles. The fraction of sp³-hybridized carbons (Fsp3) is 0.947. The molecule has 0 saturated heterocycles. The van der Waals surface area contributed by atoms with Crippen molar-refractivity contribution in [2.75, 3.05) is 6.61 Å². The number of allylic oxidation sites excluding steroid dienone is 2. The predicted octanol–water partition coefficient (Wildman–Crippen LogP) is 21.0. The van der Waals surface area contributed by atoms with Crippen LogP contribution in [-0.2, 0) is 9.53 Å². The highest BCUT2D eigenvalue weighted by Gasteiger charge is 2.03. The molecular weight excluding hydrogens is 717 g/mol. The number of ether oxygens (including phenoxy) is 1. The summed E-state index contributed by atoms with van der Waals surface area (Å²) in [5, 5.41) is 0. The zero-order valence-electron chi connectivity index (χ0n) is 41.2. The van der Waals surface area contributed by atoms with Gasteiger partial charge in [-0.15, -0.1) is 0 Å². The number of rotatable bonds is 53. The van der Waals surface area contributed by atoms with Crippen LogP contribution in [0.3, 0.4) is 0 Å². The van der Waals surface area contributed by atoms with Gasteiger partial charge in [-0.25, -0.2) is 0 Å². The molecule has 59 heavy (non-hydrogen) atoms. The van der Waals surface area contributed by atoms with E-state index in [9.17, 15) is 4.79 Å². The summed E-state index contributed by atoms with van der Waals surface area (Å²) in [7, 11) is 0. The maximum absolute atomic E-state index is 12.1. The van der Waals surface area contributed by atoms with Crippen LogP contribution in [0, 0.1) is 0 Å². The minimum atomic E-state index is 0.0314. The fourth-order valence-corrected chi connectivity index (χ4v) is 8.96. The zero-order valence-corrected chi connectivity index (χ0v) is 41.2. The van der Waals surface area contributed by atoms with Crippen molar-refractivity contribution in [2.45, 2.75) is 341 Å². The summed E-state index contributed by atoms with van der Waals surface area (Å²) in [5.74, 6) is 0.0314. The van der Waals surface area contributed by atoms with Gasteiger partial charge in [0.2, 0.25) is 0 Å². The summed E-state index contributed by atoms with van der Waals surface area (Å²) >= 11 is 0. The first kappa shape index (κ1) is 58.2. The predicted molar refractivity (Wildman–Crippen MR) is 267 cm³/mol. The Bertz CT molecular complexity index is 773. The molecule has 2 heteroatoms. The first-order valence-corrected chi connectivity index (χ1v) is 28.1. The van der Waals surface area contributed by atoms with Gasteiger partial charge in [0.1, 0.15) is 0 Å². The van der Waals surface area contributed by atoms with Crippen LogP contribution in [0.25, 0.3) is 0 Å². The molecule has 2 nitrogen and oxygen atoms in total. The molecule has 352 valence electrons. The van der Waals surface area contributed by atoms with Crippen molar-refractivity contribution in [3.05, 3.63) is 12.2 Å². The summed E-state index contributed by atoms with van der Waals surface area (Å²) in [6.07, 6.45) is 75.3. The molecule has 0 aliphatic carbocycles. The van der Waals surface area contributed by atoms with Crippen LogP contribution in [-0.4, -0.2) is 12.6 Å². The minimum Gasteiger partial charge on any atom is -0.466 e.